The molecular formula is C20H34. The molecule has 0 bridgehead atoms. The summed E-state index contributed by atoms with van der Waals surface area (Å²) in [6.07, 6.45) is 29.6. The summed E-state index contributed by atoms with van der Waals surface area (Å²) in [5.74, 6) is 2.09. The molecule has 1 unspecified atom stereocenters. The van der Waals surface area contributed by atoms with Gasteiger partial charge in [0.2, 0.25) is 0 Å². The van der Waals surface area contributed by atoms with Crippen molar-refractivity contribution in [2.75, 3.05) is 0 Å². The quantitative estimate of drug-likeness (QED) is 0.492. The van der Waals surface area contributed by atoms with Gasteiger partial charge in [0.05, 0.1) is 0 Å². The molecule has 0 heteroatoms. The molecule has 0 saturated heterocycles. The molecule has 1 atom stereocenters. The highest BCUT2D eigenvalue weighted by Gasteiger charge is 2.23. The first kappa shape index (κ1) is 15.9. The van der Waals surface area contributed by atoms with Crippen LogP contribution in [0.5, 0.6) is 0 Å². The third kappa shape index (κ3) is 6.29. The van der Waals surface area contributed by atoms with Crippen molar-refractivity contribution in [2.45, 2.75) is 89.9 Å². The lowest BCUT2D eigenvalue weighted by Crippen LogP contribution is -2.11. The minimum atomic E-state index is 1.02. The molecule has 0 aromatic rings. The predicted molar refractivity (Wildman–Crippen MR) is 89.9 cm³/mol. The van der Waals surface area contributed by atoms with Crippen LogP contribution in [0.1, 0.15) is 89.9 Å². The molecule has 1 saturated carbocycles. The smallest absolute Gasteiger partial charge is 0.0345 e. The van der Waals surface area contributed by atoms with Gasteiger partial charge in [-0.15, -0.1) is 0 Å². The van der Waals surface area contributed by atoms with E-state index in [-0.39, 0.29) is 0 Å². The fraction of sp³-hybridized carbons (Fsp3) is 0.800. The Labute approximate surface area is 126 Å². The maximum Gasteiger partial charge on any atom is -0.0345 e. The molecule has 0 heterocycles. The summed E-state index contributed by atoms with van der Waals surface area (Å²) < 4.78 is 0. The Morgan fingerprint density at radius 1 is 0.450 bits per heavy atom. The molecule has 1 fully saturated rings. The Hall–Kier alpha value is -0.520. The van der Waals surface area contributed by atoms with Gasteiger partial charge in [-0.25, -0.2) is 0 Å². The summed E-state index contributed by atoms with van der Waals surface area (Å²) in [6.45, 7) is 0. The Balaban J connectivity index is 1.80. The fourth-order valence-electron chi connectivity index (χ4n) is 4.08. The van der Waals surface area contributed by atoms with E-state index in [0.717, 1.165) is 11.8 Å². The largest absolute Gasteiger partial charge is 0.0845 e. The number of rotatable bonds is 1. The lowest BCUT2D eigenvalue weighted by molar-refractivity contribution is 0.291. The average molecular weight is 274 g/mol. The number of hydrogen-bond donors (Lipinski definition) is 0. The molecule has 0 aliphatic heterocycles. The second kappa shape index (κ2) is 10.2. The highest BCUT2D eigenvalue weighted by atomic mass is 14.3. The molecule has 114 valence electrons. The van der Waals surface area contributed by atoms with Gasteiger partial charge in [-0.1, -0.05) is 88.5 Å². The molecule has 20 heavy (non-hydrogen) atoms. The summed E-state index contributed by atoms with van der Waals surface area (Å²) in [5, 5.41) is 0. The van der Waals surface area contributed by atoms with Crippen molar-refractivity contribution < 1.29 is 0 Å². The summed E-state index contributed by atoms with van der Waals surface area (Å²) in [5.41, 5.74) is 0. The van der Waals surface area contributed by atoms with Crippen LogP contribution >= 0.6 is 0 Å². The molecule has 2 rings (SSSR count). The molecule has 0 aromatic heterocycles. The van der Waals surface area contributed by atoms with E-state index in [0.29, 0.717) is 0 Å². The highest BCUT2D eigenvalue weighted by molar-refractivity contribution is 5.02. The van der Waals surface area contributed by atoms with Crippen LogP contribution in [0.4, 0.5) is 0 Å². The summed E-state index contributed by atoms with van der Waals surface area (Å²) in [6, 6.07) is 0. The lowest BCUT2D eigenvalue weighted by atomic mass is 9.83. The van der Waals surface area contributed by atoms with E-state index < -0.39 is 0 Å². The van der Waals surface area contributed by atoms with Crippen molar-refractivity contribution in [1.29, 1.82) is 0 Å². The molecule has 0 N–H and O–H groups in total. The van der Waals surface area contributed by atoms with Crippen LogP contribution in [-0.2, 0) is 0 Å². The van der Waals surface area contributed by atoms with Gasteiger partial charge >= 0.3 is 0 Å². The Bertz CT molecular complexity index is 280. The van der Waals surface area contributed by atoms with E-state index in [1.54, 1.807) is 0 Å². The molecule has 0 spiro atoms. The van der Waals surface area contributed by atoms with Crippen molar-refractivity contribution in [3.05, 3.63) is 24.3 Å². The van der Waals surface area contributed by atoms with Gasteiger partial charge < -0.3 is 0 Å². The van der Waals surface area contributed by atoms with Gasteiger partial charge in [-0.2, -0.15) is 0 Å². The van der Waals surface area contributed by atoms with Gasteiger partial charge in [-0.05, 0) is 37.5 Å². The van der Waals surface area contributed by atoms with Crippen molar-refractivity contribution >= 4 is 0 Å². The maximum absolute atomic E-state index is 2.40. The Morgan fingerprint density at radius 3 is 1.70 bits per heavy atom. The van der Waals surface area contributed by atoms with Crippen LogP contribution in [0.2, 0.25) is 0 Å². The second-order valence-corrected chi connectivity index (χ2v) is 6.94. The molecule has 2 aliphatic rings. The first-order valence-electron chi connectivity index (χ1n) is 9.28. The first-order chi connectivity index (χ1) is 9.97. The third-order valence-corrected chi connectivity index (χ3v) is 5.35. The van der Waals surface area contributed by atoms with Crippen LogP contribution in [-0.4, -0.2) is 0 Å². The zero-order valence-electron chi connectivity index (χ0n) is 13.4. The molecular weight excluding hydrogens is 240 g/mol. The van der Waals surface area contributed by atoms with Crippen LogP contribution in [0.25, 0.3) is 0 Å². The molecule has 0 amide bonds. The van der Waals surface area contributed by atoms with Gasteiger partial charge in [0, 0.05) is 0 Å². The standard InChI is InChI=1S/C20H34/c1-2-4-6-8-10-12-16-19(20-17-13-14-18-20)15-11-9-7-5-3-1/h3,5,7,9,19-20H,1-2,4,6,8,10-18H2. The first-order valence-corrected chi connectivity index (χ1v) is 9.28. The van der Waals surface area contributed by atoms with Gasteiger partial charge in [0.1, 0.15) is 0 Å². The number of allylic oxidation sites excluding steroid dienone is 4. The maximum atomic E-state index is 2.40. The van der Waals surface area contributed by atoms with Crippen LogP contribution < -0.4 is 0 Å². The van der Waals surface area contributed by atoms with E-state index in [4.69, 9.17) is 0 Å². The van der Waals surface area contributed by atoms with E-state index >= 15 is 0 Å². The topological polar surface area (TPSA) is 0 Å². The zero-order valence-corrected chi connectivity index (χ0v) is 13.4. The van der Waals surface area contributed by atoms with Crippen molar-refractivity contribution in [3.8, 4) is 0 Å². The highest BCUT2D eigenvalue weighted by Crippen LogP contribution is 2.36. The van der Waals surface area contributed by atoms with E-state index in [1.807, 2.05) is 0 Å². The summed E-state index contributed by atoms with van der Waals surface area (Å²) in [7, 11) is 0. The minimum absolute atomic E-state index is 1.02. The molecule has 0 nitrogen and oxygen atoms in total. The van der Waals surface area contributed by atoms with Crippen molar-refractivity contribution in [1.82, 2.24) is 0 Å². The predicted octanol–water partition coefficient (Wildman–Crippen LogP) is 6.82. The fourth-order valence-corrected chi connectivity index (χ4v) is 4.08. The van der Waals surface area contributed by atoms with Crippen LogP contribution in [0, 0.1) is 11.8 Å². The van der Waals surface area contributed by atoms with Gasteiger partial charge in [0.25, 0.3) is 0 Å². The second-order valence-electron chi connectivity index (χ2n) is 6.94. The molecule has 0 aromatic carbocycles. The van der Waals surface area contributed by atoms with Crippen molar-refractivity contribution in [3.63, 3.8) is 0 Å². The van der Waals surface area contributed by atoms with Gasteiger partial charge in [0.15, 0.2) is 0 Å². The zero-order chi connectivity index (χ0) is 13.9. The average Bonchev–Trinajstić information content (AvgIpc) is 2.98. The van der Waals surface area contributed by atoms with Crippen molar-refractivity contribution in [2.24, 2.45) is 11.8 Å². The Kier molecular flexibility index (Phi) is 8.12. The normalized spacial score (nSPS) is 28.1. The monoisotopic (exact) mass is 274 g/mol. The lowest BCUT2D eigenvalue weighted by Gasteiger charge is -2.23. The third-order valence-electron chi connectivity index (χ3n) is 5.35. The van der Waals surface area contributed by atoms with Crippen LogP contribution in [0.3, 0.4) is 0 Å². The summed E-state index contributed by atoms with van der Waals surface area (Å²) >= 11 is 0. The van der Waals surface area contributed by atoms with Gasteiger partial charge in [-0.3, -0.25) is 0 Å². The minimum Gasteiger partial charge on any atom is -0.0845 e. The van der Waals surface area contributed by atoms with E-state index in [2.05, 4.69) is 24.3 Å². The SMILES string of the molecule is C1=CCCCCCCCCC(C2CCCC2)CCC=C1. The molecule has 0 radical (unpaired) electrons. The van der Waals surface area contributed by atoms with Crippen LogP contribution in [0.15, 0.2) is 24.3 Å². The summed E-state index contributed by atoms with van der Waals surface area (Å²) in [4.78, 5) is 0. The van der Waals surface area contributed by atoms with E-state index in [9.17, 15) is 0 Å². The Morgan fingerprint density at radius 2 is 0.950 bits per heavy atom. The molecule has 2 aliphatic carbocycles. The number of hydrogen-bond acceptors (Lipinski definition) is 0. The van der Waals surface area contributed by atoms with E-state index in [1.165, 1.54) is 89.9 Å².